The zero-order chi connectivity index (χ0) is 27.2. The van der Waals surface area contributed by atoms with Crippen molar-refractivity contribution in [3.05, 3.63) is 42.5 Å². The fourth-order valence-corrected chi connectivity index (χ4v) is 6.52. The number of fused-ring (bicyclic) bond motifs is 1. The monoisotopic (exact) mass is 544 g/mol. The molecule has 0 N–H and O–H groups in total. The Bertz CT molecular complexity index is 932. The molecule has 0 amide bonds. The van der Waals surface area contributed by atoms with Crippen molar-refractivity contribution in [2.24, 2.45) is 0 Å². The first-order chi connectivity index (χ1) is 18.6. The molecular formula is C34H56O3S. The summed E-state index contributed by atoms with van der Waals surface area (Å²) in [4.78, 5) is 0.273. The summed E-state index contributed by atoms with van der Waals surface area (Å²) in [5.74, 6) is 0. The van der Waals surface area contributed by atoms with Crippen LogP contribution in [0.4, 0.5) is 0 Å². The van der Waals surface area contributed by atoms with Gasteiger partial charge < -0.3 is 0 Å². The normalized spacial score (nSPS) is 11.9. The summed E-state index contributed by atoms with van der Waals surface area (Å²) in [7, 11) is -3.71. The SMILES string of the molecule is CCCCCCCCCCCCCCCCCCCCCCCCOS(=O)(=O)c1cccc2ccccc12. The van der Waals surface area contributed by atoms with Gasteiger partial charge in [-0.1, -0.05) is 178 Å². The molecule has 0 saturated heterocycles. The highest BCUT2D eigenvalue weighted by molar-refractivity contribution is 7.87. The summed E-state index contributed by atoms with van der Waals surface area (Å²) >= 11 is 0. The molecule has 4 heteroatoms. The van der Waals surface area contributed by atoms with Crippen LogP contribution in [0, 0.1) is 0 Å². The Morgan fingerprint density at radius 2 is 0.895 bits per heavy atom. The Morgan fingerprint density at radius 1 is 0.500 bits per heavy atom. The van der Waals surface area contributed by atoms with Crippen molar-refractivity contribution < 1.29 is 12.6 Å². The zero-order valence-corrected chi connectivity index (χ0v) is 25.3. The maximum absolute atomic E-state index is 12.6. The first-order valence-electron chi connectivity index (χ1n) is 16.0. The molecule has 0 aromatic heterocycles. The van der Waals surface area contributed by atoms with Gasteiger partial charge in [0.2, 0.25) is 0 Å². The third kappa shape index (κ3) is 14.7. The minimum atomic E-state index is -3.71. The highest BCUT2D eigenvalue weighted by Gasteiger charge is 2.17. The van der Waals surface area contributed by atoms with Gasteiger partial charge in [-0.2, -0.15) is 8.42 Å². The van der Waals surface area contributed by atoms with Crippen LogP contribution in [0.3, 0.4) is 0 Å². The number of unbranched alkanes of at least 4 members (excludes halogenated alkanes) is 21. The second-order valence-corrected chi connectivity index (χ2v) is 12.8. The van der Waals surface area contributed by atoms with Crippen LogP contribution in [-0.4, -0.2) is 15.0 Å². The van der Waals surface area contributed by atoms with Crippen LogP contribution in [0.1, 0.15) is 148 Å². The fraction of sp³-hybridized carbons (Fsp3) is 0.706. The average Bonchev–Trinajstić information content (AvgIpc) is 2.93. The Kier molecular flexibility index (Phi) is 18.5. The molecular weight excluding hydrogens is 488 g/mol. The van der Waals surface area contributed by atoms with Gasteiger partial charge in [-0.15, -0.1) is 0 Å². The highest BCUT2D eigenvalue weighted by atomic mass is 32.2. The van der Waals surface area contributed by atoms with Crippen molar-refractivity contribution in [2.45, 2.75) is 153 Å². The third-order valence-electron chi connectivity index (χ3n) is 7.76. The molecule has 38 heavy (non-hydrogen) atoms. The molecule has 0 saturated carbocycles. The largest absolute Gasteiger partial charge is 0.297 e. The van der Waals surface area contributed by atoms with Crippen LogP contribution in [0.15, 0.2) is 47.4 Å². The highest BCUT2D eigenvalue weighted by Crippen LogP contribution is 2.24. The lowest BCUT2D eigenvalue weighted by atomic mass is 10.0. The van der Waals surface area contributed by atoms with Crippen LogP contribution >= 0.6 is 0 Å². The van der Waals surface area contributed by atoms with Crippen molar-refractivity contribution in [2.75, 3.05) is 6.61 Å². The van der Waals surface area contributed by atoms with E-state index in [9.17, 15) is 8.42 Å². The quantitative estimate of drug-likeness (QED) is 0.0922. The van der Waals surface area contributed by atoms with E-state index in [2.05, 4.69) is 6.92 Å². The maximum Gasteiger partial charge on any atom is 0.297 e. The van der Waals surface area contributed by atoms with Crippen molar-refractivity contribution in [1.29, 1.82) is 0 Å². The topological polar surface area (TPSA) is 43.4 Å². The first kappa shape index (κ1) is 32.8. The Labute approximate surface area is 235 Å². The third-order valence-corrected chi connectivity index (χ3v) is 9.13. The van der Waals surface area contributed by atoms with Crippen LogP contribution < -0.4 is 0 Å². The molecule has 0 aliphatic rings. The molecule has 2 rings (SSSR count). The van der Waals surface area contributed by atoms with Crippen molar-refractivity contribution in [3.8, 4) is 0 Å². The van der Waals surface area contributed by atoms with Crippen LogP contribution in [0.25, 0.3) is 10.8 Å². The molecule has 3 nitrogen and oxygen atoms in total. The van der Waals surface area contributed by atoms with Gasteiger partial charge in [0.05, 0.1) is 6.61 Å². The molecule has 0 fully saturated rings. The fourth-order valence-electron chi connectivity index (χ4n) is 5.36. The molecule has 0 heterocycles. The van der Waals surface area contributed by atoms with E-state index in [-0.39, 0.29) is 11.5 Å². The minimum absolute atomic E-state index is 0.269. The van der Waals surface area contributed by atoms with E-state index in [0.29, 0.717) is 0 Å². The van der Waals surface area contributed by atoms with E-state index < -0.39 is 10.1 Å². The maximum atomic E-state index is 12.6. The predicted octanol–water partition coefficient (Wildman–Crippen LogP) is 11.1. The molecule has 0 spiro atoms. The van der Waals surface area contributed by atoms with Gasteiger partial charge in [-0.25, -0.2) is 0 Å². The second-order valence-electron chi connectivity index (χ2n) is 11.2. The lowest BCUT2D eigenvalue weighted by molar-refractivity contribution is 0.306. The summed E-state index contributed by atoms with van der Waals surface area (Å²) in [6.45, 7) is 2.56. The molecule has 0 unspecified atom stereocenters. The zero-order valence-electron chi connectivity index (χ0n) is 24.4. The lowest BCUT2D eigenvalue weighted by Gasteiger charge is -2.08. The summed E-state index contributed by atoms with van der Waals surface area (Å²) in [5.41, 5.74) is 0. The molecule has 0 bridgehead atoms. The van der Waals surface area contributed by atoms with E-state index in [1.807, 2.05) is 30.3 Å². The van der Waals surface area contributed by atoms with Crippen LogP contribution in [-0.2, 0) is 14.3 Å². The number of rotatable bonds is 25. The lowest BCUT2D eigenvalue weighted by Crippen LogP contribution is -2.08. The van der Waals surface area contributed by atoms with E-state index in [0.717, 1.165) is 30.0 Å². The van der Waals surface area contributed by atoms with Crippen molar-refractivity contribution in [3.63, 3.8) is 0 Å². The minimum Gasteiger partial charge on any atom is -0.266 e. The van der Waals surface area contributed by atoms with Gasteiger partial charge >= 0.3 is 0 Å². The summed E-state index contributed by atoms with van der Waals surface area (Å²) in [6.07, 6.45) is 29.7. The van der Waals surface area contributed by atoms with E-state index >= 15 is 0 Å². The second kappa shape index (κ2) is 21.4. The molecule has 0 atom stereocenters. The molecule has 0 radical (unpaired) electrons. The van der Waals surface area contributed by atoms with Crippen LogP contribution in [0.2, 0.25) is 0 Å². The summed E-state index contributed by atoms with van der Waals surface area (Å²) in [6, 6.07) is 12.9. The van der Waals surface area contributed by atoms with E-state index in [4.69, 9.17) is 4.18 Å². The van der Waals surface area contributed by atoms with Gasteiger partial charge in [0.25, 0.3) is 10.1 Å². The summed E-state index contributed by atoms with van der Waals surface area (Å²) in [5, 5.41) is 1.64. The summed E-state index contributed by atoms with van der Waals surface area (Å²) < 4.78 is 30.6. The number of hydrogen-bond acceptors (Lipinski definition) is 3. The van der Waals surface area contributed by atoms with Gasteiger partial charge in [0.15, 0.2) is 0 Å². The Morgan fingerprint density at radius 3 is 1.37 bits per heavy atom. The van der Waals surface area contributed by atoms with Gasteiger partial charge in [-0.3, -0.25) is 4.18 Å². The molecule has 216 valence electrons. The van der Waals surface area contributed by atoms with E-state index in [1.54, 1.807) is 12.1 Å². The molecule has 2 aromatic rings. The number of benzene rings is 2. The predicted molar refractivity (Wildman–Crippen MR) is 164 cm³/mol. The van der Waals surface area contributed by atoms with Gasteiger partial charge in [0.1, 0.15) is 4.90 Å². The van der Waals surface area contributed by atoms with Crippen molar-refractivity contribution >= 4 is 20.9 Å². The van der Waals surface area contributed by atoms with Gasteiger partial charge in [-0.05, 0) is 17.9 Å². The Hall–Kier alpha value is -1.39. The number of hydrogen-bond donors (Lipinski definition) is 0. The van der Waals surface area contributed by atoms with Crippen molar-refractivity contribution in [1.82, 2.24) is 0 Å². The van der Waals surface area contributed by atoms with Crippen LogP contribution in [0.5, 0.6) is 0 Å². The van der Waals surface area contributed by atoms with Gasteiger partial charge in [0, 0.05) is 5.39 Å². The standard InChI is InChI=1S/C34H56O3S/c1-2-3-4-5-6-7-8-9-10-11-12-13-14-15-16-17-18-19-20-21-22-25-31-37-38(35,36)34-30-26-28-32-27-23-24-29-33(32)34/h23-24,26-30H,2-22,25,31H2,1H3. The first-order valence-corrected chi connectivity index (χ1v) is 17.4. The Balaban J connectivity index is 1.33. The van der Waals surface area contributed by atoms with E-state index in [1.165, 1.54) is 122 Å². The smallest absolute Gasteiger partial charge is 0.266 e. The average molecular weight is 545 g/mol. The molecule has 2 aromatic carbocycles. The molecule has 0 aliphatic carbocycles. The molecule has 0 aliphatic heterocycles.